The third-order valence-corrected chi connectivity index (χ3v) is 8.41. The Balaban J connectivity index is 2.06. The maximum Gasteiger partial charge on any atom is 0.404 e. The van der Waals surface area contributed by atoms with Crippen molar-refractivity contribution in [3.8, 4) is 21.1 Å². The van der Waals surface area contributed by atoms with Crippen LogP contribution in [0.4, 0.5) is 26.3 Å². The number of aromatic nitrogens is 2. The lowest BCUT2D eigenvalue weighted by atomic mass is 9.88. The number of thiazole rings is 1. The lowest BCUT2D eigenvalue weighted by Gasteiger charge is -2.19. The summed E-state index contributed by atoms with van der Waals surface area (Å²) in [4.78, 5) is 14.5. The zero-order valence-electron chi connectivity index (χ0n) is 21.3. The number of benzene rings is 1. The molecular formula is C23H23F6N3O6S2. The number of alkyl halides is 5. The van der Waals surface area contributed by atoms with E-state index in [0.29, 0.717) is 24.3 Å². The molecule has 0 aliphatic carbocycles. The van der Waals surface area contributed by atoms with Gasteiger partial charge < -0.3 is 14.4 Å². The average molecular weight is 616 g/mol. The van der Waals surface area contributed by atoms with Gasteiger partial charge in [0.25, 0.3) is 6.43 Å². The number of nitrogens with zero attached hydrogens (tertiary/aromatic N) is 2. The van der Waals surface area contributed by atoms with E-state index in [1.54, 1.807) is 13.8 Å². The van der Waals surface area contributed by atoms with Crippen molar-refractivity contribution in [2.45, 2.75) is 57.3 Å². The van der Waals surface area contributed by atoms with Crippen LogP contribution in [0.15, 0.2) is 27.6 Å². The quantitative estimate of drug-likeness (QED) is 0.241. The maximum absolute atomic E-state index is 15.2. The van der Waals surface area contributed by atoms with Crippen molar-refractivity contribution < 1.29 is 53.9 Å². The van der Waals surface area contributed by atoms with Crippen LogP contribution in [0.1, 0.15) is 44.2 Å². The Hall–Kier alpha value is -3.02. The van der Waals surface area contributed by atoms with Crippen LogP contribution in [0.25, 0.3) is 21.1 Å². The fraction of sp³-hybridized carbons (Fsp3) is 0.435. The molecule has 2 aromatic heterocycles. The monoisotopic (exact) mass is 615 g/mol. The van der Waals surface area contributed by atoms with Crippen LogP contribution in [0, 0.1) is 11.2 Å². The zero-order valence-corrected chi connectivity index (χ0v) is 22.9. The molecule has 0 bridgehead atoms. The largest absolute Gasteiger partial charge is 0.469 e. The normalized spacial score (nSPS) is 13.6. The van der Waals surface area contributed by atoms with Gasteiger partial charge >= 0.3 is 12.1 Å². The van der Waals surface area contributed by atoms with Gasteiger partial charge in [-0.1, -0.05) is 11.2 Å². The molecule has 1 atom stereocenters. The number of hydrogen-bond donors (Lipinski definition) is 2. The first-order valence-corrected chi connectivity index (χ1v) is 13.6. The molecule has 0 aliphatic heterocycles. The molecule has 0 radical (unpaired) electrons. The summed E-state index contributed by atoms with van der Waals surface area (Å²) in [5, 5.41) is 13.7. The molecule has 0 spiro atoms. The Morgan fingerprint density at radius 1 is 1.25 bits per heavy atom. The second kappa shape index (κ2) is 11.5. The van der Waals surface area contributed by atoms with Crippen molar-refractivity contribution in [3.05, 3.63) is 41.0 Å². The number of aliphatic hydroxyl groups is 1. The lowest BCUT2D eigenvalue weighted by molar-refractivity contribution is -0.151. The number of esters is 1. The SMILES string of the molecule is COC(=O)C(C)(C)Cc1cc(-c2nc(CO)c(-c3ccc(S(=O)(=O)NC(C)C(F)(F)F)c(F)c3C(F)F)s2)no1. The summed E-state index contributed by atoms with van der Waals surface area (Å²) in [5.74, 6) is -2.22. The molecule has 1 unspecified atom stereocenters. The Morgan fingerprint density at radius 2 is 1.90 bits per heavy atom. The number of halogens is 6. The number of aliphatic hydroxyl groups excluding tert-OH is 1. The van der Waals surface area contributed by atoms with Crippen LogP contribution in [0.3, 0.4) is 0 Å². The molecule has 3 aromatic rings. The molecule has 0 amide bonds. The first-order valence-electron chi connectivity index (χ1n) is 11.3. The smallest absolute Gasteiger partial charge is 0.404 e. The van der Waals surface area contributed by atoms with Crippen LogP contribution in [0.2, 0.25) is 0 Å². The predicted molar refractivity (Wildman–Crippen MR) is 129 cm³/mol. The van der Waals surface area contributed by atoms with Crippen molar-refractivity contribution in [3.63, 3.8) is 0 Å². The third-order valence-electron chi connectivity index (χ3n) is 5.70. The van der Waals surface area contributed by atoms with Gasteiger partial charge in [-0.3, -0.25) is 4.79 Å². The van der Waals surface area contributed by atoms with Crippen molar-refractivity contribution in [2.24, 2.45) is 5.41 Å². The van der Waals surface area contributed by atoms with Gasteiger partial charge in [-0.2, -0.15) is 17.9 Å². The number of carbonyl (C=O) groups is 1. The van der Waals surface area contributed by atoms with E-state index in [-0.39, 0.29) is 33.5 Å². The Bertz CT molecular complexity index is 1500. The van der Waals surface area contributed by atoms with Gasteiger partial charge in [-0.25, -0.2) is 26.6 Å². The number of carbonyl (C=O) groups excluding carboxylic acids is 1. The van der Waals surface area contributed by atoms with E-state index < -0.39 is 68.5 Å². The summed E-state index contributed by atoms with van der Waals surface area (Å²) in [6.45, 7) is 2.89. The number of sulfonamides is 1. The molecule has 0 saturated heterocycles. The topological polar surface area (TPSA) is 132 Å². The second-order valence-electron chi connectivity index (χ2n) is 9.21. The Morgan fingerprint density at radius 3 is 2.45 bits per heavy atom. The summed E-state index contributed by atoms with van der Waals surface area (Å²) in [7, 11) is -3.97. The Kier molecular flexibility index (Phi) is 9.03. The highest BCUT2D eigenvalue weighted by molar-refractivity contribution is 7.89. The van der Waals surface area contributed by atoms with E-state index >= 15 is 4.39 Å². The van der Waals surface area contributed by atoms with E-state index in [1.165, 1.54) is 17.9 Å². The predicted octanol–water partition coefficient (Wildman–Crippen LogP) is 5.00. The third kappa shape index (κ3) is 6.47. The minimum atomic E-state index is -5.20. The molecule has 0 fully saturated rings. The fourth-order valence-corrected chi connectivity index (χ4v) is 6.00. The number of ether oxygens (including phenoxy) is 1. The Labute approximate surface area is 228 Å². The van der Waals surface area contributed by atoms with E-state index in [4.69, 9.17) is 9.26 Å². The van der Waals surface area contributed by atoms with Crippen LogP contribution < -0.4 is 4.72 Å². The molecule has 2 N–H and O–H groups in total. The number of nitrogens with one attached hydrogen (secondary N) is 1. The van der Waals surface area contributed by atoms with Gasteiger partial charge in [-0.05, 0) is 26.8 Å². The highest BCUT2D eigenvalue weighted by Gasteiger charge is 2.40. The van der Waals surface area contributed by atoms with Crippen molar-refractivity contribution >= 4 is 27.3 Å². The zero-order chi connectivity index (χ0) is 30.2. The molecule has 0 saturated carbocycles. The molecule has 9 nitrogen and oxygen atoms in total. The molecule has 1 aromatic carbocycles. The van der Waals surface area contributed by atoms with Gasteiger partial charge in [0, 0.05) is 18.1 Å². The number of hydrogen-bond acceptors (Lipinski definition) is 9. The van der Waals surface area contributed by atoms with Gasteiger partial charge in [0.2, 0.25) is 10.0 Å². The fourth-order valence-electron chi connectivity index (χ4n) is 3.61. The molecule has 17 heteroatoms. The molecular weight excluding hydrogens is 592 g/mol. The molecule has 3 rings (SSSR count). The highest BCUT2D eigenvalue weighted by Crippen LogP contribution is 2.42. The second-order valence-corrected chi connectivity index (χ2v) is 11.9. The lowest BCUT2D eigenvalue weighted by Crippen LogP contribution is -2.43. The van der Waals surface area contributed by atoms with Crippen LogP contribution >= 0.6 is 11.3 Å². The molecule has 40 heavy (non-hydrogen) atoms. The molecule has 2 heterocycles. The van der Waals surface area contributed by atoms with Gasteiger partial charge in [0.05, 0.1) is 35.3 Å². The summed E-state index contributed by atoms with van der Waals surface area (Å²) < 4.78 is 118. The van der Waals surface area contributed by atoms with Gasteiger partial charge in [0.15, 0.2) is 5.82 Å². The first-order chi connectivity index (χ1) is 18.4. The van der Waals surface area contributed by atoms with Gasteiger partial charge in [-0.15, -0.1) is 11.3 Å². The summed E-state index contributed by atoms with van der Waals surface area (Å²) in [6.07, 6.45) is -8.53. The van der Waals surface area contributed by atoms with Crippen molar-refractivity contribution in [1.82, 2.24) is 14.9 Å². The van der Waals surface area contributed by atoms with Crippen LogP contribution in [-0.2, 0) is 32.6 Å². The standard InChI is InChI=1S/C23H23F6N3O6S2/c1-10(23(27,28)29)32-40(35,36)15-6-5-12(16(17(15)24)19(25)26)18-14(9-33)30-20(39-18)13-7-11(38-31-13)8-22(2,3)21(34)37-4/h5-7,10,19,32-33H,8-9H2,1-4H3. The van der Waals surface area contributed by atoms with E-state index in [1.807, 2.05) is 0 Å². The van der Waals surface area contributed by atoms with E-state index in [9.17, 15) is 40.3 Å². The summed E-state index contributed by atoms with van der Waals surface area (Å²) >= 11 is 0.701. The minimum Gasteiger partial charge on any atom is -0.469 e. The van der Waals surface area contributed by atoms with Crippen LogP contribution in [0.5, 0.6) is 0 Å². The minimum absolute atomic E-state index is 0.0583. The summed E-state index contributed by atoms with van der Waals surface area (Å²) in [5.41, 5.74) is -2.99. The van der Waals surface area contributed by atoms with Crippen LogP contribution in [-0.4, -0.2) is 49.0 Å². The van der Waals surface area contributed by atoms with Crippen molar-refractivity contribution in [1.29, 1.82) is 0 Å². The van der Waals surface area contributed by atoms with Crippen molar-refractivity contribution in [2.75, 3.05) is 7.11 Å². The first kappa shape index (κ1) is 31.5. The van der Waals surface area contributed by atoms with Gasteiger partial charge in [0.1, 0.15) is 27.4 Å². The van der Waals surface area contributed by atoms with E-state index in [0.717, 1.165) is 6.07 Å². The number of rotatable bonds is 10. The van der Waals surface area contributed by atoms with E-state index in [2.05, 4.69) is 10.1 Å². The molecule has 220 valence electrons. The summed E-state index contributed by atoms with van der Waals surface area (Å²) in [6, 6.07) is 0.140. The maximum atomic E-state index is 15.2. The highest BCUT2D eigenvalue weighted by atomic mass is 32.2. The number of methoxy groups -OCH3 is 1. The molecule has 0 aliphatic rings. The average Bonchev–Trinajstić information content (AvgIpc) is 3.48.